The van der Waals surface area contributed by atoms with Crippen molar-refractivity contribution in [2.24, 2.45) is 0 Å². The maximum atomic E-state index is 13.3. The molecule has 3 aromatic carbocycles. The number of fused-ring (bicyclic) bond motifs is 3. The summed E-state index contributed by atoms with van der Waals surface area (Å²) in [5, 5.41) is 0. The highest BCUT2D eigenvalue weighted by Gasteiger charge is 2.30. The summed E-state index contributed by atoms with van der Waals surface area (Å²) in [6.45, 7) is 0.548. The second-order valence-corrected chi connectivity index (χ2v) is 7.88. The van der Waals surface area contributed by atoms with Gasteiger partial charge in [0.05, 0.1) is 19.9 Å². The Hall–Kier alpha value is -4.06. The normalized spacial score (nSPS) is 12.2. The predicted molar refractivity (Wildman–Crippen MR) is 132 cm³/mol. The lowest BCUT2D eigenvalue weighted by Crippen LogP contribution is -2.33. The van der Waals surface area contributed by atoms with Crippen LogP contribution in [0.15, 0.2) is 78.9 Å². The first kappa shape index (κ1) is 23.1. The molecule has 1 aliphatic rings. The van der Waals surface area contributed by atoms with Crippen LogP contribution in [0.3, 0.4) is 0 Å². The van der Waals surface area contributed by atoms with Crippen molar-refractivity contribution >= 4 is 18.1 Å². The van der Waals surface area contributed by atoms with Gasteiger partial charge in [0.25, 0.3) is 0 Å². The van der Waals surface area contributed by atoms with Gasteiger partial charge in [-0.05, 0) is 34.8 Å². The van der Waals surface area contributed by atoms with Crippen molar-refractivity contribution in [3.8, 4) is 22.6 Å². The van der Waals surface area contributed by atoms with Gasteiger partial charge in [0, 0.05) is 30.7 Å². The van der Waals surface area contributed by atoms with Crippen molar-refractivity contribution in [2.75, 3.05) is 32.3 Å². The number of aldehydes is 1. The molecule has 0 N–H and O–H groups in total. The fourth-order valence-corrected chi connectivity index (χ4v) is 4.30. The Kier molecular flexibility index (Phi) is 7.28. The van der Waals surface area contributed by atoms with Crippen LogP contribution in [-0.2, 0) is 9.53 Å². The SMILES string of the molecule is COc1cc(OC)cc(N(CC/C=C/C=O)C(=O)OCC2c3ccccc3-c3ccccc32)c1. The Morgan fingerprint density at radius 1 is 0.912 bits per heavy atom. The topological polar surface area (TPSA) is 65.1 Å². The lowest BCUT2D eigenvalue weighted by Gasteiger charge is -2.24. The Morgan fingerprint density at radius 2 is 1.50 bits per heavy atom. The van der Waals surface area contributed by atoms with Crippen LogP contribution >= 0.6 is 0 Å². The van der Waals surface area contributed by atoms with Gasteiger partial charge in [0.2, 0.25) is 0 Å². The second-order valence-electron chi connectivity index (χ2n) is 7.88. The molecule has 0 bridgehead atoms. The molecule has 0 heterocycles. The van der Waals surface area contributed by atoms with Crippen LogP contribution in [0, 0.1) is 0 Å². The monoisotopic (exact) mass is 457 g/mol. The van der Waals surface area contributed by atoms with Gasteiger partial charge in [-0.2, -0.15) is 0 Å². The smallest absolute Gasteiger partial charge is 0.414 e. The van der Waals surface area contributed by atoms with E-state index in [4.69, 9.17) is 14.2 Å². The predicted octanol–water partition coefficient (Wildman–Crippen LogP) is 5.60. The van der Waals surface area contributed by atoms with Gasteiger partial charge in [0.1, 0.15) is 24.4 Å². The van der Waals surface area contributed by atoms with Crippen LogP contribution in [0.1, 0.15) is 23.5 Å². The number of rotatable bonds is 9. The number of amides is 1. The summed E-state index contributed by atoms with van der Waals surface area (Å²) in [4.78, 5) is 25.5. The van der Waals surface area contributed by atoms with Crippen molar-refractivity contribution in [3.63, 3.8) is 0 Å². The van der Waals surface area contributed by atoms with Crippen molar-refractivity contribution in [1.29, 1.82) is 0 Å². The minimum atomic E-state index is -0.475. The summed E-state index contributed by atoms with van der Waals surface area (Å²) in [7, 11) is 3.12. The second kappa shape index (κ2) is 10.7. The Labute approximate surface area is 199 Å². The minimum absolute atomic E-state index is 0.0343. The number of allylic oxidation sites excluding steroid dienone is 1. The number of carbonyl (C=O) groups excluding carboxylic acids is 2. The summed E-state index contributed by atoms with van der Waals surface area (Å²) < 4.78 is 16.6. The van der Waals surface area contributed by atoms with Gasteiger partial charge in [-0.3, -0.25) is 9.69 Å². The van der Waals surface area contributed by atoms with E-state index in [-0.39, 0.29) is 12.5 Å². The zero-order valence-electron chi connectivity index (χ0n) is 19.3. The number of hydrogen-bond acceptors (Lipinski definition) is 5. The summed E-state index contributed by atoms with van der Waals surface area (Å²) in [6, 6.07) is 21.7. The summed E-state index contributed by atoms with van der Waals surface area (Å²) in [6.07, 6.45) is 3.86. The van der Waals surface area contributed by atoms with E-state index in [0.29, 0.717) is 36.4 Å². The molecule has 0 unspecified atom stereocenters. The van der Waals surface area contributed by atoms with Crippen molar-refractivity contribution in [2.45, 2.75) is 12.3 Å². The number of nitrogens with zero attached hydrogens (tertiary/aromatic N) is 1. The third kappa shape index (κ3) is 4.81. The van der Waals surface area contributed by atoms with Crippen LogP contribution in [0.25, 0.3) is 11.1 Å². The van der Waals surface area contributed by atoms with Gasteiger partial charge in [0.15, 0.2) is 0 Å². The van der Waals surface area contributed by atoms with Crippen LogP contribution in [0.4, 0.5) is 10.5 Å². The van der Waals surface area contributed by atoms with Crippen molar-refractivity contribution in [1.82, 2.24) is 0 Å². The van der Waals surface area contributed by atoms with E-state index in [2.05, 4.69) is 24.3 Å². The third-order valence-corrected chi connectivity index (χ3v) is 5.94. The number of carbonyl (C=O) groups is 2. The molecule has 0 radical (unpaired) electrons. The molecule has 6 heteroatoms. The van der Waals surface area contributed by atoms with Crippen LogP contribution in [0.2, 0.25) is 0 Å². The standard InChI is InChI=1S/C28H27NO5/c1-32-21-16-20(17-22(18-21)33-2)29(14-8-3-9-15-30)28(31)34-19-27-25-12-6-4-10-23(25)24-11-5-7-13-26(24)27/h3-7,9-13,15-18,27H,8,14,19H2,1-2H3/b9-3+. The largest absolute Gasteiger partial charge is 0.497 e. The Bertz CT molecular complexity index is 1140. The molecule has 0 atom stereocenters. The van der Waals surface area contributed by atoms with E-state index in [1.54, 1.807) is 38.5 Å². The molecular formula is C28H27NO5. The number of methoxy groups -OCH3 is 2. The first-order valence-corrected chi connectivity index (χ1v) is 11.1. The maximum absolute atomic E-state index is 13.3. The van der Waals surface area contributed by atoms with Gasteiger partial charge in [-0.1, -0.05) is 54.6 Å². The third-order valence-electron chi connectivity index (χ3n) is 5.94. The molecule has 1 amide bonds. The number of benzene rings is 3. The van der Waals surface area contributed by atoms with Gasteiger partial charge in [-0.25, -0.2) is 4.79 Å². The fourth-order valence-electron chi connectivity index (χ4n) is 4.30. The molecule has 0 aliphatic heterocycles. The molecule has 1 aliphatic carbocycles. The van der Waals surface area contributed by atoms with Gasteiger partial charge in [-0.15, -0.1) is 0 Å². The Balaban J connectivity index is 1.58. The Morgan fingerprint density at radius 3 is 2.06 bits per heavy atom. The number of anilines is 1. The van der Waals surface area contributed by atoms with Gasteiger partial charge < -0.3 is 14.2 Å². The van der Waals surface area contributed by atoms with Gasteiger partial charge >= 0.3 is 6.09 Å². The molecule has 0 aromatic heterocycles. The highest BCUT2D eigenvalue weighted by molar-refractivity contribution is 5.88. The molecule has 0 fully saturated rings. The first-order chi connectivity index (χ1) is 16.7. The average Bonchev–Trinajstić information content (AvgIpc) is 3.20. The van der Waals surface area contributed by atoms with E-state index < -0.39 is 6.09 Å². The average molecular weight is 458 g/mol. The van der Waals surface area contributed by atoms with Crippen molar-refractivity contribution < 1.29 is 23.8 Å². The first-order valence-electron chi connectivity index (χ1n) is 11.1. The lowest BCUT2D eigenvalue weighted by molar-refractivity contribution is -0.104. The summed E-state index contributed by atoms with van der Waals surface area (Å²) >= 11 is 0. The zero-order valence-corrected chi connectivity index (χ0v) is 19.3. The molecule has 4 rings (SSSR count). The molecule has 174 valence electrons. The molecule has 6 nitrogen and oxygen atoms in total. The quantitative estimate of drug-likeness (QED) is 0.309. The fraction of sp³-hybridized carbons (Fsp3) is 0.214. The molecule has 0 spiro atoms. The summed E-state index contributed by atoms with van der Waals surface area (Å²) in [5.41, 5.74) is 5.24. The molecule has 0 saturated carbocycles. The van der Waals surface area contributed by atoms with E-state index in [1.807, 2.05) is 24.3 Å². The van der Waals surface area contributed by atoms with E-state index >= 15 is 0 Å². The molecule has 3 aromatic rings. The molecule has 0 saturated heterocycles. The van der Waals surface area contributed by atoms with Crippen LogP contribution in [0.5, 0.6) is 11.5 Å². The molecule has 34 heavy (non-hydrogen) atoms. The number of hydrogen-bond donors (Lipinski definition) is 0. The van der Waals surface area contributed by atoms with E-state index in [9.17, 15) is 9.59 Å². The highest BCUT2D eigenvalue weighted by Crippen LogP contribution is 2.44. The maximum Gasteiger partial charge on any atom is 0.414 e. The summed E-state index contributed by atoms with van der Waals surface area (Å²) in [5.74, 6) is 1.09. The van der Waals surface area contributed by atoms with Crippen molar-refractivity contribution in [3.05, 3.63) is 90.0 Å². The lowest BCUT2D eigenvalue weighted by atomic mass is 9.98. The highest BCUT2D eigenvalue weighted by atomic mass is 16.6. The van der Waals surface area contributed by atoms with E-state index in [0.717, 1.165) is 11.1 Å². The van der Waals surface area contributed by atoms with Crippen LogP contribution in [-0.4, -0.2) is 39.8 Å². The number of ether oxygens (including phenoxy) is 3. The minimum Gasteiger partial charge on any atom is -0.497 e. The van der Waals surface area contributed by atoms with E-state index in [1.165, 1.54) is 22.1 Å². The molecular weight excluding hydrogens is 430 g/mol. The van der Waals surface area contributed by atoms with Crippen LogP contribution < -0.4 is 14.4 Å². The zero-order chi connectivity index (χ0) is 23.9.